The number of hydrogen-bond acceptors (Lipinski definition) is 8. The van der Waals surface area contributed by atoms with Gasteiger partial charge in [0.1, 0.15) is 17.1 Å². The summed E-state index contributed by atoms with van der Waals surface area (Å²) in [4.78, 5) is 22.6. The Bertz CT molecular complexity index is 1500. The highest BCUT2D eigenvalue weighted by molar-refractivity contribution is 7.14. The van der Waals surface area contributed by atoms with Gasteiger partial charge in [-0.1, -0.05) is 29.4 Å². The molecular formula is C30H30N4O4S. The monoisotopic (exact) mass is 542 g/mol. The lowest BCUT2D eigenvalue weighted by molar-refractivity contribution is 0.0147. The Morgan fingerprint density at radius 1 is 1.13 bits per heavy atom. The molecule has 5 heterocycles. The van der Waals surface area contributed by atoms with E-state index in [2.05, 4.69) is 46.2 Å². The summed E-state index contributed by atoms with van der Waals surface area (Å²) < 4.78 is 12.5. The van der Waals surface area contributed by atoms with Crippen LogP contribution in [0.5, 0.6) is 0 Å². The molecule has 0 amide bonds. The van der Waals surface area contributed by atoms with E-state index in [4.69, 9.17) is 19.4 Å². The number of rotatable bonds is 8. The number of fused-ring (bicyclic) bond motifs is 2. The number of carboxylic acid groups (broad SMARTS) is 1. The second-order valence-electron chi connectivity index (χ2n) is 10.9. The smallest absolute Gasteiger partial charge is 0.354 e. The summed E-state index contributed by atoms with van der Waals surface area (Å²) in [5.74, 6) is 0.456. The van der Waals surface area contributed by atoms with Crippen LogP contribution in [0.2, 0.25) is 0 Å². The molecule has 0 spiro atoms. The van der Waals surface area contributed by atoms with Gasteiger partial charge in [-0.15, -0.1) is 11.3 Å². The van der Waals surface area contributed by atoms with Gasteiger partial charge in [-0.25, -0.2) is 14.8 Å². The Hall–Kier alpha value is -3.56. The van der Waals surface area contributed by atoms with Gasteiger partial charge >= 0.3 is 5.97 Å². The van der Waals surface area contributed by atoms with Crippen molar-refractivity contribution in [3.05, 3.63) is 70.6 Å². The molecular weight excluding hydrogens is 512 g/mol. The Balaban J connectivity index is 1.05. The predicted molar refractivity (Wildman–Crippen MR) is 148 cm³/mol. The third-order valence-electron chi connectivity index (χ3n) is 8.31. The van der Waals surface area contributed by atoms with Crippen LogP contribution in [-0.4, -0.2) is 44.4 Å². The Morgan fingerprint density at radius 2 is 1.92 bits per heavy atom. The van der Waals surface area contributed by atoms with Gasteiger partial charge in [-0.05, 0) is 63.1 Å². The Kier molecular flexibility index (Phi) is 6.20. The maximum Gasteiger partial charge on any atom is 0.354 e. The zero-order valence-electron chi connectivity index (χ0n) is 21.7. The fourth-order valence-corrected chi connectivity index (χ4v) is 7.12. The summed E-state index contributed by atoms with van der Waals surface area (Å²) in [6.45, 7) is 2.65. The number of benzene rings is 1. The van der Waals surface area contributed by atoms with Crippen molar-refractivity contribution in [2.45, 2.75) is 76.2 Å². The lowest BCUT2D eigenvalue weighted by atomic mass is 9.99. The molecule has 3 aliphatic rings. The van der Waals surface area contributed by atoms with E-state index in [1.807, 2.05) is 5.38 Å². The maximum absolute atomic E-state index is 11.1. The van der Waals surface area contributed by atoms with Gasteiger partial charge in [0.05, 0.1) is 18.4 Å². The quantitative estimate of drug-likeness (QED) is 0.271. The maximum atomic E-state index is 11.1. The van der Waals surface area contributed by atoms with Crippen molar-refractivity contribution in [1.29, 1.82) is 0 Å². The fraction of sp³-hybridized carbons (Fsp3) is 0.400. The van der Waals surface area contributed by atoms with Gasteiger partial charge in [0.15, 0.2) is 5.13 Å². The Morgan fingerprint density at radius 3 is 2.62 bits per heavy atom. The number of nitrogens with zero attached hydrogens (tertiary/aromatic N) is 4. The molecule has 7 rings (SSSR count). The summed E-state index contributed by atoms with van der Waals surface area (Å²) in [5, 5.41) is 16.7. The highest BCUT2D eigenvalue weighted by Gasteiger charge is 2.43. The molecule has 2 saturated heterocycles. The summed E-state index contributed by atoms with van der Waals surface area (Å²) >= 11 is 1.64. The molecule has 1 aliphatic carbocycles. The highest BCUT2D eigenvalue weighted by atomic mass is 32.1. The number of hydrogen-bond donors (Lipinski definition) is 1. The van der Waals surface area contributed by atoms with Gasteiger partial charge in [-0.2, -0.15) is 0 Å². The second kappa shape index (κ2) is 9.88. The number of carboxylic acids is 1. The number of aryl methyl sites for hydroxylation is 1. The molecule has 2 bridgehead atoms. The molecule has 4 aromatic rings. The van der Waals surface area contributed by atoms with Crippen molar-refractivity contribution in [2.24, 2.45) is 0 Å². The van der Waals surface area contributed by atoms with Crippen molar-refractivity contribution < 1.29 is 19.2 Å². The van der Waals surface area contributed by atoms with E-state index in [1.165, 1.54) is 11.6 Å². The number of carbonyl (C=O) groups is 1. The van der Waals surface area contributed by atoms with E-state index in [-0.39, 0.29) is 11.8 Å². The molecule has 1 saturated carbocycles. The molecule has 3 aromatic heterocycles. The van der Waals surface area contributed by atoms with Crippen molar-refractivity contribution in [3.63, 3.8) is 0 Å². The molecule has 0 unspecified atom stereocenters. The van der Waals surface area contributed by atoms with E-state index >= 15 is 0 Å². The van der Waals surface area contributed by atoms with Crippen LogP contribution in [0, 0.1) is 6.92 Å². The lowest BCUT2D eigenvalue weighted by Gasteiger charge is -2.38. The van der Waals surface area contributed by atoms with Crippen LogP contribution < -0.4 is 4.90 Å². The number of aromatic carboxylic acids is 1. The molecule has 9 heteroatoms. The average Bonchev–Trinajstić information content (AvgIpc) is 3.41. The lowest BCUT2D eigenvalue weighted by Crippen LogP contribution is -2.45. The predicted octanol–water partition coefficient (Wildman–Crippen LogP) is 6.46. The molecule has 0 radical (unpaired) electrons. The molecule has 1 aromatic carbocycles. The number of anilines is 1. The SMILES string of the molecule is Cc1ccccc1-c1noc(C2CC2)c1CO[C@H]1C[C@H]2CC[C@@H](C1)N2c1nc(-c2ccc(C(=O)O)nc2)cs1. The number of piperidine rings is 1. The van der Waals surface area contributed by atoms with Gasteiger partial charge in [-0.3, -0.25) is 0 Å². The molecule has 3 atom stereocenters. The van der Waals surface area contributed by atoms with Crippen LogP contribution in [-0.2, 0) is 11.3 Å². The molecule has 39 heavy (non-hydrogen) atoms. The van der Waals surface area contributed by atoms with Crippen LogP contribution in [0.1, 0.15) is 71.8 Å². The first-order valence-corrected chi connectivity index (χ1v) is 14.5. The van der Waals surface area contributed by atoms with Crippen LogP contribution in [0.15, 0.2) is 52.5 Å². The van der Waals surface area contributed by atoms with Crippen LogP contribution in [0.4, 0.5) is 5.13 Å². The largest absolute Gasteiger partial charge is 0.477 e. The number of pyridine rings is 1. The molecule has 200 valence electrons. The van der Waals surface area contributed by atoms with Crippen molar-refractivity contribution in [1.82, 2.24) is 15.1 Å². The van der Waals surface area contributed by atoms with Crippen molar-refractivity contribution in [2.75, 3.05) is 4.90 Å². The van der Waals surface area contributed by atoms with Gasteiger partial charge in [0, 0.05) is 46.3 Å². The summed E-state index contributed by atoms with van der Waals surface area (Å²) in [6.07, 6.45) is 8.34. The van der Waals surface area contributed by atoms with E-state index in [0.29, 0.717) is 24.6 Å². The van der Waals surface area contributed by atoms with E-state index in [1.54, 1.807) is 23.6 Å². The van der Waals surface area contributed by atoms with Crippen molar-refractivity contribution >= 4 is 22.4 Å². The average molecular weight is 543 g/mol. The molecule has 3 fully saturated rings. The minimum atomic E-state index is -1.03. The van der Waals surface area contributed by atoms with E-state index in [9.17, 15) is 4.79 Å². The van der Waals surface area contributed by atoms with Crippen LogP contribution in [0.3, 0.4) is 0 Å². The van der Waals surface area contributed by atoms with Gasteiger partial charge in [0.2, 0.25) is 0 Å². The Labute approximate surface area is 230 Å². The summed E-state index contributed by atoms with van der Waals surface area (Å²) in [5.41, 5.74) is 6.06. The van der Waals surface area contributed by atoms with Crippen LogP contribution >= 0.6 is 11.3 Å². The first kappa shape index (κ1) is 24.5. The minimum absolute atomic E-state index is 0.0378. The standard InChI is InChI=1S/C30H30N4O4S/c1-17-4-2-3-5-23(17)27-24(28(38-33-27)18-6-7-18)15-37-22-12-20-9-10-21(13-22)34(20)30-32-26(16-39-30)19-8-11-25(29(35)36)31-14-19/h2-5,8,11,14,16,18,20-22H,6-7,9-10,12-13,15H2,1H3,(H,35,36)/t20-,21+,22+. The number of ether oxygens (including phenoxy) is 1. The first-order valence-electron chi connectivity index (χ1n) is 13.6. The normalized spacial score (nSPS) is 22.4. The number of thiazole rings is 1. The van der Waals surface area contributed by atoms with E-state index < -0.39 is 5.97 Å². The molecule has 2 aliphatic heterocycles. The minimum Gasteiger partial charge on any atom is -0.477 e. The highest BCUT2D eigenvalue weighted by Crippen LogP contribution is 2.46. The molecule has 8 nitrogen and oxygen atoms in total. The summed E-state index contributed by atoms with van der Waals surface area (Å²) in [7, 11) is 0. The third kappa shape index (κ3) is 4.63. The topological polar surface area (TPSA) is 102 Å². The zero-order valence-corrected chi connectivity index (χ0v) is 22.6. The summed E-state index contributed by atoms with van der Waals surface area (Å²) in [6, 6.07) is 12.4. The van der Waals surface area contributed by atoms with E-state index in [0.717, 1.165) is 77.5 Å². The third-order valence-corrected chi connectivity index (χ3v) is 9.17. The fourth-order valence-electron chi connectivity index (χ4n) is 6.14. The first-order chi connectivity index (χ1) is 19.0. The zero-order chi connectivity index (χ0) is 26.5. The second-order valence-corrected chi connectivity index (χ2v) is 11.7. The van der Waals surface area contributed by atoms with Gasteiger partial charge < -0.3 is 19.3 Å². The van der Waals surface area contributed by atoms with Gasteiger partial charge in [0.25, 0.3) is 0 Å². The molecule has 1 N–H and O–H groups in total. The number of aromatic nitrogens is 3. The van der Waals surface area contributed by atoms with Crippen LogP contribution in [0.25, 0.3) is 22.5 Å². The van der Waals surface area contributed by atoms with Crippen molar-refractivity contribution in [3.8, 4) is 22.5 Å².